The first-order chi connectivity index (χ1) is 11.3. The van der Waals surface area contributed by atoms with Crippen molar-refractivity contribution in [3.8, 4) is 0 Å². The van der Waals surface area contributed by atoms with E-state index in [4.69, 9.17) is 5.73 Å². The normalized spacial score (nSPS) is 22.5. The van der Waals surface area contributed by atoms with Gasteiger partial charge in [-0.1, -0.05) is 53.7 Å². The summed E-state index contributed by atoms with van der Waals surface area (Å²) in [5.74, 6) is 2.00. The number of hydrogen-bond acceptors (Lipinski definition) is 4. The Labute approximate surface area is 151 Å². The zero-order chi connectivity index (χ0) is 18.1. The molecule has 1 rings (SSSR count). The highest BCUT2D eigenvalue weighted by Crippen LogP contribution is 2.19. The second-order valence-electron chi connectivity index (χ2n) is 8.52. The summed E-state index contributed by atoms with van der Waals surface area (Å²) in [5, 5.41) is 0. The van der Waals surface area contributed by atoms with Gasteiger partial charge in [-0.15, -0.1) is 0 Å². The van der Waals surface area contributed by atoms with E-state index in [0.717, 1.165) is 52.2 Å². The van der Waals surface area contributed by atoms with Crippen molar-refractivity contribution >= 4 is 0 Å². The molecule has 1 aliphatic heterocycles. The van der Waals surface area contributed by atoms with E-state index in [2.05, 4.69) is 68.4 Å². The van der Waals surface area contributed by atoms with E-state index in [1.165, 1.54) is 0 Å². The molecule has 1 atom stereocenters. The molecule has 0 saturated heterocycles. The van der Waals surface area contributed by atoms with Crippen LogP contribution in [0.2, 0.25) is 0 Å². The van der Waals surface area contributed by atoms with Gasteiger partial charge in [0.2, 0.25) is 0 Å². The summed E-state index contributed by atoms with van der Waals surface area (Å²) in [5.41, 5.74) is 5.98. The lowest BCUT2D eigenvalue weighted by Gasteiger charge is -2.48. The average Bonchev–Trinajstić information content (AvgIpc) is 2.42. The summed E-state index contributed by atoms with van der Waals surface area (Å²) < 4.78 is 0. The molecule has 0 aromatic heterocycles. The second-order valence-corrected chi connectivity index (χ2v) is 8.52. The van der Waals surface area contributed by atoms with Crippen molar-refractivity contribution in [2.24, 2.45) is 23.5 Å². The van der Waals surface area contributed by atoms with Gasteiger partial charge in [0.15, 0.2) is 0 Å². The Bertz CT molecular complexity index is 352. The van der Waals surface area contributed by atoms with Gasteiger partial charge in [-0.25, -0.2) is 0 Å². The van der Waals surface area contributed by atoms with E-state index in [9.17, 15) is 0 Å². The van der Waals surface area contributed by atoms with Gasteiger partial charge < -0.3 is 5.73 Å². The van der Waals surface area contributed by atoms with Crippen LogP contribution in [0.3, 0.4) is 0 Å². The van der Waals surface area contributed by atoms with Crippen LogP contribution in [0.15, 0.2) is 12.2 Å². The minimum atomic E-state index is 0.366. The molecule has 0 amide bonds. The second kappa shape index (κ2) is 11.2. The summed E-state index contributed by atoms with van der Waals surface area (Å²) in [6, 6.07) is 0. The monoisotopic (exact) mass is 338 g/mol. The molecule has 0 aromatic rings. The molecule has 1 aliphatic rings. The smallest absolute Gasteiger partial charge is 0.119 e. The largest absolute Gasteiger partial charge is 0.329 e. The van der Waals surface area contributed by atoms with Crippen LogP contribution in [-0.4, -0.2) is 66.8 Å². The van der Waals surface area contributed by atoms with Crippen molar-refractivity contribution in [3.63, 3.8) is 0 Å². The van der Waals surface area contributed by atoms with Gasteiger partial charge in [0.1, 0.15) is 6.29 Å². The maximum Gasteiger partial charge on any atom is 0.119 e. The van der Waals surface area contributed by atoms with Gasteiger partial charge in [-0.2, -0.15) is 0 Å². The number of nitrogens with zero attached hydrogens (tertiary/aromatic N) is 3. The Morgan fingerprint density at radius 2 is 1.58 bits per heavy atom. The predicted octanol–water partition coefficient (Wildman–Crippen LogP) is 3.06. The van der Waals surface area contributed by atoms with Gasteiger partial charge in [0.05, 0.1) is 0 Å². The highest BCUT2D eigenvalue weighted by molar-refractivity contribution is 4.92. The highest BCUT2D eigenvalue weighted by Gasteiger charge is 2.31. The summed E-state index contributed by atoms with van der Waals surface area (Å²) in [4.78, 5) is 7.96. The van der Waals surface area contributed by atoms with Crippen LogP contribution in [-0.2, 0) is 0 Å². The molecule has 4 heteroatoms. The summed E-state index contributed by atoms with van der Waals surface area (Å²) in [6.45, 7) is 21.2. The molecule has 0 radical (unpaired) electrons. The van der Waals surface area contributed by atoms with E-state index < -0.39 is 0 Å². The van der Waals surface area contributed by atoms with Crippen LogP contribution in [0.25, 0.3) is 0 Å². The van der Waals surface area contributed by atoms with Crippen molar-refractivity contribution in [1.29, 1.82) is 0 Å². The molecule has 0 bridgehead atoms. The number of rotatable bonds is 9. The van der Waals surface area contributed by atoms with Gasteiger partial charge in [-0.05, 0) is 24.2 Å². The molecule has 0 spiro atoms. The lowest BCUT2D eigenvalue weighted by atomic mass is 10.1. The van der Waals surface area contributed by atoms with Crippen LogP contribution in [0.5, 0.6) is 0 Å². The van der Waals surface area contributed by atoms with E-state index >= 15 is 0 Å². The SMILES string of the molecule is CC(C)CN1C/C=C/CCN(CC(C)C)C1N(CCN)CC(C)C. The van der Waals surface area contributed by atoms with Crippen LogP contribution < -0.4 is 5.73 Å². The summed E-state index contributed by atoms with van der Waals surface area (Å²) >= 11 is 0. The summed E-state index contributed by atoms with van der Waals surface area (Å²) in [6.07, 6.45) is 6.23. The summed E-state index contributed by atoms with van der Waals surface area (Å²) in [7, 11) is 0. The fourth-order valence-electron chi connectivity index (χ4n) is 3.70. The van der Waals surface area contributed by atoms with E-state index in [0.29, 0.717) is 24.0 Å². The minimum Gasteiger partial charge on any atom is -0.329 e. The average molecular weight is 339 g/mol. The topological polar surface area (TPSA) is 35.7 Å². The molecule has 2 N–H and O–H groups in total. The lowest BCUT2D eigenvalue weighted by molar-refractivity contribution is -0.0798. The molecule has 4 nitrogen and oxygen atoms in total. The van der Waals surface area contributed by atoms with E-state index in [1.807, 2.05) is 0 Å². The molecule has 142 valence electrons. The molecule has 1 heterocycles. The molecular weight excluding hydrogens is 296 g/mol. The van der Waals surface area contributed by atoms with Crippen LogP contribution in [0, 0.1) is 17.8 Å². The Morgan fingerprint density at radius 1 is 0.958 bits per heavy atom. The third-order valence-electron chi connectivity index (χ3n) is 4.28. The first-order valence-corrected chi connectivity index (χ1v) is 9.92. The fraction of sp³-hybridized carbons (Fsp3) is 0.900. The zero-order valence-electron chi connectivity index (χ0n) is 17.0. The van der Waals surface area contributed by atoms with Crippen LogP contribution >= 0.6 is 0 Å². The van der Waals surface area contributed by atoms with Gasteiger partial charge in [0.25, 0.3) is 0 Å². The van der Waals surface area contributed by atoms with Crippen molar-refractivity contribution in [1.82, 2.24) is 14.7 Å². The quantitative estimate of drug-likeness (QED) is 0.656. The third kappa shape index (κ3) is 7.64. The molecule has 0 fully saturated rings. The minimum absolute atomic E-state index is 0.366. The molecule has 1 unspecified atom stereocenters. The molecule has 0 aliphatic carbocycles. The number of nitrogens with two attached hydrogens (primary N) is 1. The Hall–Kier alpha value is -0.420. The molecule has 24 heavy (non-hydrogen) atoms. The molecular formula is C20H42N4. The van der Waals surface area contributed by atoms with Crippen molar-refractivity contribution in [3.05, 3.63) is 12.2 Å². The van der Waals surface area contributed by atoms with Crippen LogP contribution in [0.1, 0.15) is 48.0 Å². The molecule has 0 saturated carbocycles. The Morgan fingerprint density at radius 3 is 2.12 bits per heavy atom. The lowest BCUT2D eigenvalue weighted by Crippen LogP contribution is -2.61. The van der Waals surface area contributed by atoms with E-state index in [1.54, 1.807) is 0 Å². The Kier molecular flexibility index (Phi) is 10.1. The first kappa shape index (κ1) is 21.6. The van der Waals surface area contributed by atoms with E-state index in [-0.39, 0.29) is 0 Å². The fourth-order valence-corrected chi connectivity index (χ4v) is 3.70. The van der Waals surface area contributed by atoms with Crippen LogP contribution in [0.4, 0.5) is 0 Å². The highest BCUT2D eigenvalue weighted by atomic mass is 15.5. The van der Waals surface area contributed by atoms with Gasteiger partial charge >= 0.3 is 0 Å². The predicted molar refractivity (Wildman–Crippen MR) is 106 cm³/mol. The van der Waals surface area contributed by atoms with Gasteiger partial charge in [0, 0.05) is 45.8 Å². The standard InChI is InChI=1S/C20H42N4/c1-17(2)14-22-11-8-7-9-12-23(15-18(3)4)20(22)24(13-10-21)16-19(5)6/h7-8,17-20H,9-16,21H2,1-6H3/b8-7+. The van der Waals surface area contributed by atoms with Crippen molar-refractivity contribution < 1.29 is 0 Å². The maximum absolute atomic E-state index is 5.98. The van der Waals surface area contributed by atoms with Crippen molar-refractivity contribution in [2.45, 2.75) is 54.3 Å². The maximum atomic E-state index is 5.98. The zero-order valence-corrected chi connectivity index (χ0v) is 17.0. The first-order valence-electron chi connectivity index (χ1n) is 9.92. The number of hydrogen-bond donors (Lipinski definition) is 1. The molecule has 0 aromatic carbocycles. The van der Waals surface area contributed by atoms with Crippen molar-refractivity contribution in [2.75, 3.05) is 45.8 Å². The third-order valence-corrected chi connectivity index (χ3v) is 4.28. The Balaban J connectivity index is 3.12. The van der Waals surface area contributed by atoms with Gasteiger partial charge in [-0.3, -0.25) is 14.7 Å².